The maximum atomic E-state index is 5.61. The fourth-order valence-electron chi connectivity index (χ4n) is 8.33. The largest absolute Gasteiger partial charge is 0.247 e. The van der Waals surface area contributed by atoms with E-state index < -0.39 is 5.41 Å². The van der Waals surface area contributed by atoms with E-state index in [9.17, 15) is 0 Å². The molecule has 0 saturated heterocycles. The molecule has 0 fully saturated rings. The number of hydrogen-bond donors (Lipinski definition) is 0. The lowest BCUT2D eigenvalue weighted by atomic mass is 9.69. The summed E-state index contributed by atoms with van der Waals surface area (Å²) in [6, 6.07) is 64.1. The number of nitrogens with zero attached hydrogens (tertiary/aromatic N) is 1. The lowest BCUT2D eigenvalue weighted by Crippen LogP contribution is -2.26. The maximum Gasteiger partial charge on any atom is 0.0788 e. The topological polar surface area (TPSA) is 12.9 Å². The summed E-state index contributed by atoms with van der Waals surface area (Å²) in [7, 11) is 0. The maximum absolute atomic E-state index is 5.61. The van der Waals surface area contributed by atoms with Gasteiger partial charge in [-0.3, -0.25) is 0 Å². The van der Waals surface area contributed by atoms with Crippen LogP contribution in [0.15, 0.2) is 176 Å². The van der Waals surface area contributed by atoms with Gasteiger partial charge < -0.3 is 0 Å². The summed E-state index contributed by atoms with van der Waals surface area (Å²) >= 11 is 0. The number of aromatic nitrogens is 1. The Balaban J connectivity index is 1.19. The minimum atomic E-state index is -0.419. The van der Waals surface area contributed by atoms with Crippen molar-refractivity contribution in [3.63, 3.8) is 0 Å². The summed E-state index contributed by atoms with van der Waals surface area (Å²) < 4.78 is 0. The van der Waals surface area contributed by atoms with Crippen molar-refractivity contribution in [2.75, 3.05) is 0 Å². The fourth-order valence-corrected chi connectivity index (χ4v) is 8.33. The van der Waals surface area contributed by atoms with E-state index in [2.05, 4.69) is 176 Å². The van der Waals surface area contributed by atoms with E-state index in [0.717, 1.165) is 17.0 Å². The first kappa shape index (κ1) is 26.2. The Bertz CT molecular complexity index is 2460. The summed E-state index contributed by atoms with van der Waals surface area (Å²) in [4.78, 5) is 5.61. The van der Waals surface area contributed by atoms with Gasteiger partial charge in [0.25, 0.3) is 0 Å². The summed E-state index contributed by atoms with van der Waals surface area (Å²) in [5.41, 5.74) is 16.8. The second kappa shape index (κ2) is 9.97. The average Bonchev–Trinajstić information content (AvgIpc) is 3.62. The minimum Gasteiger partial charge on any atom is -0.247 e. The van der Waals surface area contributed by atoms with Gasteiger partial charge in [-0.25, -0.2) is 4.98 Å². The Hall–Kier alpha value is -6.05. The first-order chi connectivity index (χ1) is 23.3. The second-order valence-corrected chi connectivity index (χ2v) is 12.6. The third kappa shape index (κ3) is 3.63. The molecule has 0 bridgehead atoms. The van der Waals surface area contributed by atoms with Gasteiger partial charge in [-0.05, 0) is 61.5 Å². The molecule has 0 amide bonds. The Morgan fingerprint density at radius 3 is 1.45 bits per heavy atom. The van der Waals surface area contributed by atoms with Crippen LogP contribution in [0.4, 0.5) is 0 Å². The lowest BCUT2D eigenvalue weighted by molar-refractivity contribution is 0.799. The summed E-state index contributed by atoms with van der Waals surface area (Å²) in [5.74, 6) is 0. The molecule has 47 heavy (non-hydrogen) atoms. The van der Waals surface area contributed by atoms with Crippen molar-refractivity contribution in [2.45, 2.75) is 5.41 Å². The van der Waals surface area contributed by atoms with E-state index in [0.29, 0.717) is 0 Å². The van der Waals surface area contributed by atoms with Crippen LogP contribution in [0.5, 0.6) is 0 Å². The SMILES string of the molecule is c1ccc(-c2cccc(-c3ccc(-c4nc5c(c6ccccc46)C4(c6ccccc6-c6ccccc64)c4ccccc4-5)cc3)c2)cc1. The van der Waals surface area contributed by atoms with E-state index in [4.69, 9.17) is 4.98 Å². The predicted molar refractivity (Wildman–Crippen MR) is 194 cm³/mol. The molecule has 7 aromatic carbocycles. The van der Waals surface area contributed by atoms with Gasteiger partial charge >= 0.3 is 0 Å². The molecule has 218 valence electrons. The Kier molecular flexibility index (Phi) is 5.56. The Labute approximate surface area is 274 Å². The van der Waals surface area contributed by atoms with Crippen LogP contribution in [-0.2, 0) is 5.41 Å². The van der Waals surface area contributed by atoms with Crippen LogP contribution in [0.3, 0.4) is 0 Å². The molecule has 1 heterocycles. The zero-order valence-electron chi connectivity index (χ0n) is 25.7. The molecule has 1 aromatic heterocycles. The van der Waals surface area contributed by atoms with Gasteiger partial charge in [-0.15, -0.1) is 0 Å². The second-order valence-electron chi connectivity index (χ2n) is 12.6. The van der Waals surface area contributed by atoms with Gasteiger partial charge in [0.1, 0.15) is 0 Å². The third-order valence-corrected chi connectivity index (χ3v) is 10.3. The highest BCUT2D eigenvalue weighted by molar-refractivity contribution is 6.06. The highest BCUT2D eigenvalue weighted by atomic mass is 14.8. The first-order valence-corrected chi connectivity index (χ1v) is 16.3. The summed E-state index contributed by atoms with van der Waals surface area (Å²) in [6.45, 7) is 0. The Morgan fingerprint density at radius 2 is 0.787 bits per heavy atom. The molecule has 0 atom stereocenters. The molecule has 1 spiro atoms. The van der Waals surface area contributed by atoms with E-state index >= 15 is 0 Å². The molecule has 0 radical (unpaired) electrons. The Morgan fingerprint density at radius 1 is 0.319 bits per heavy atom. The van der Waals surface area contributed by atoms with Crippen molar-refractivity contribution in [3.8, 4) is 55.9 Å². The summed E-state index contributed by atoms with van der Waals surface area (Å²) in [5, 5.41) is 2.44. The van der Waals surface area contributed by atoms with Gasteiger partial charge in [0, 0.05) is 22.1 Å². The molecule has 0 aliphatic heterocycles. The van der Waals surface area contributed by atoms with Crippen molar-refractivity contribution in [3.05, 3.63) is 198 Å². The molecule has 8 aromatic rings. The van der Waals surface area contributed by atoms with Crippen LogP contribution in [0, 0.1) is 0 Å². The average molecular weight is 596 g/mol. The molecule has 10 rings (SSSR count). The molecule has 0 saturated carbocycles. The number of pyridine rings is 1. The molecular weight excluding hydrogens is 567 g/mol. The smallest absolute Gasteiger partial charge is 0.0788 e. The molecule has 0 N–H and O–H groups in total. The van der Waals surface area contributed by atoms with E-state index in [-0.39, 0.29) is 0 Å². The number of benzene rings is 7. The standard InChI is InChI=1S/C46H29N/c1-2-13-30(14-3-1)33-15-12-16-34(29-33)31-25-27-32(28-26-31)44-38-20-5-4-19-37(38)43-45(47-44)39-21-8-11-24-42(39)46(43)40-22-9-6-17-35(40)36-18-7-10-23-41(36)46/h1-29H. The van der Waals surface area contributed by atoms with Gasteiger partial charge in [-0.1, -0.05) is 170 Å². The number of hydrogen-bond acceptors (Lipinski definition) is 1. The highest BCUT2D eigenvalue weighted by Gasteiger charge is 2.53. The van der Waals surface area contributed by atoms with Gasteiger partial charge in [-0.2, -0.15) is 0 Å². The van der Waals surface area contributed by atoms with Crippen LogP contribution < -0.4 is 0 Å². The van der Waals surface area contributed by atoms with E-state index in [1.165, 1.54) is 72.0 Å². The van der Waals surface area contributed by atoms with Crippen LogP contribution >= 0.6 is 0 Å². The minimum absolute atomic E-state index is 0.419. The monoisotopic (exact) mass is 595 g/mol. The number of fused-ring (bicyclic) bond motifs is 12. The van der Waals surface area contributed by atoms with Crippen LogP contribution in [0.1, 0.15) is 22.3 Å². The molecule has 1 nitrogen and oxygen atoms in total. The molecular formula is C46H29N. The zero-order chi connectivity index (χ0) is 31.0. The van der Waals surface area contributed by atoms with Crippen LogP contribution in [-0.4, -0.2) is 4.98 Å². The molecule has 2 aliphatic carbocycles. The normalized spacial score (nSPS) is 13.3. The van der Waals surface area contributed by atoms with Crippen molar-refractivity contribution in [2.24, 2.45) is 0 Å². The van der Waals surface area contributed by atoms with Crippen molar-refractivity contribution in [1.82, 2.24) is 4.98 Å². The summed E-state index contributed by atoms with van der Waals surface area (Å²) in [6.07, 6.45) is 0. The van der Waals surface area contributed by atoms with Crippen molar-refractivity contribution >= 4 is 10.8 Å². The zero-order valence-corrected chi connectivity index (χ0v) is 25.7. The van der Waals surface area contributed by atoms with Crippen molar-refractivity contribution in [1.29, 1.82) is 0 Å². The first-order valence-electron chi connectivity index (χ1n) is 16.3. The van der Waals surface area contributed by atoms with Gasteiger partial charge in [0.2, 0.25) is 0 Å². The molecule has 1 heteroatoms. The quantitative estimate of drug-likeness (QED) is 0.198. The van der Waals surface area contributed by atoms with Crippen LogP contribution in [0.25, 0.3) is 66.7 Å². The lowest BCUT2D eigenvalue weighted by Gasteiger charge is -2.31. The number of rotatable bonds is 3. The van der Waals surface area contributed by atoms with Gasteiger partial charge in [0.05, 0.1) is 16.8 Å². The highest BCUT2D eigenvalue weighted by Crippen LogP contribution is 2.63. The van der Waals surface area contributed by atoms with Gasteiger partial charge in [0.15, 0.2) is 0 Å². The van der Waals surface area contributed by atoms with Crippen LogP contribution in [0.2, 0.25) is 0 Å². The predicted octanol–water partition coefficient (Wildman–Crippen LogP) is 11.6. The fraction of sp³-hybridized carbons (Fsp3) is 0.0217. The van der Waals surface area contributed by atoms with E-state index in [1.807, 2.05) is 0 Å². The molecule has 0 unspecified atom stereocenters. The third-order valence-electron chi connectivity index (χ3n) is 10.3. The van der Waals surface area contributed by atoms with Crippen molar-refractivity contribution < 1.29 is 0 Å². The van der Waals surface area contributed by atoms with E-state index in [1.54, 1.807) is 0 Å². The molecule has 2 aliphatic rings.